The number of allylic oxidation sites excluding steroid dienone is 2. The first-order valence-electron chi connectivity index (χ1n) is 5.92. The van der Waals surface area contributed by atoms with E-state index in [0.29, 0.717) is 8.96 Å². The van der Waals surface area contributed by atoms with Crippen LogP contribution in [-0.2, 0) is 19.2 Å². The summed E-state index contributed by atoms with van der Waals surface area (Å²) in [5.74, 6) is -0.690. The average molecular weight is 407 g/mol. The average Bonchev–Trinajstić information content (AvgIpc) is 2.68. The van der Waals surface area contributed by atoms with Gasteiger partial charge in [-0.05, 0) is 64.8 Å². The van der Waals surface area contributed by atoms with Crippen LogP contribution in [0.1, 0.15) is 27.2 Å². The van der Waals surface area contributed by atoms with E-state index in [4.69, 9.17) is 9.57 Å². The molecule has 2 aliphatic rings. The molecule has 7 heteroatoms. The third-order valence-corrected chi connectivity index (χ3v) is 3.76. The molecule has 1 aliphatic carbocycles. The van der Waals surface area contributed by atoms with Gasteiger partial charge in [0.15, 0.2) is 11.3 Å². The zero-order chi connectivity index (χ0) is 15.1. The first kappa shape index (κ1) is 15.4. The highest BCUT2D eigenvalue weighted by Crippen LogP contribution is 2.37. The molecular formula is C13H13Br2NO4. The van der Waals surface area contributed by atoms with Crippen molar-refractivity contribution in [2.24, 2.45) is 5.16 Å². The fourth-order valence-electron chi connectivity index (χ4n) is 1.78. The molecule has 0 saturated heterocycles. The topological polar surface area (TPSA) is 65.0 Å². The van der Waals surface area contributed by atoms with Crippen molar-refractivity contribution >= 4 is 49.3 Å². The van der Waals surface area contributed by atoms with Crippen molar-refractivity contribution in [1.82, 2.24) is 0 Å². The second kappa shape index (κ2) is 5.11. The Kier molecular flexibility index (Phi) is 3.94. The van der Waals surface area contributed by atoms with Crippen molar-refractivity contribution in [3.05, 3.63) is 21.1 Å². The molecule has 0 bridgehead atoms. The minimum Gasteiger partial charge on any atom is -0.455 e. The molecule has 5 nitrogen and oxygen atoms in total. The van der Waals surface area contributed by atoms with Gasteiger partial charge in [0, 0.05) is 0 Å². The highest BCUT2D eigenvalue weighted by molar-refractivity contribution is 9.13. The molecule has 0 amide bonds. The number of oxime groups is 1. The van der Waals surface area contributed by atoms with E-state index in [9.17, 15) is 9.59 Å². The van der Waals surface area contributed by atoms with Gasteiger partial charge in [-0.1, -0.05) is 5.16 Å². The standard InChI is InChI=1S/C13H13Br2NO4/c1-12(2,3)19-11(18)9-6-13(20-16-9)4-7(14)10(17)8(15)5-13/h4-5H,6H2,1-3H3. The Balaban J connectivity index is 2.16. The van der Waals surface area contributed by atoms with E-state index < -0.39 is 17.2 Å². The fraction of sp³-hybridized carbons (Fsp3) is 0.462. The van der Waals surface area contributed by atoms with E-state index in [0.717, 1.165) is 0 Å². The molecule has 1 heterocycles. The summed E-state index contributed by atoms with van der Waals surface area (Å²) in [6.45, 7) is 5.34. The summed E-state index contributed by atoms with van der Waals surface area (Å²) in [6, 6.07) is 0. The van der Waals surface area contributed by atoms with E-state index in [2.05, 4.69) is 37.0 Å². The Morgan fingerprint density at radius 2 is 1.90 bits per heavy atom. The number of hydrogen-bond acceptors (Lipinski definition) is 5. The minimum absolute atomic E-state index is 0.176. The first-order valence-corrected chi connectivity index (χ1v) is 7.50. The molecule has 0 aromatic carbocycles. The molecular weight excluding hydrogens is 394 g/mol. The second-order valence-electron chi connectivity index (χ2n) is 5.58. The van der Waals surface area contributed by atoms with Gasteiger partial charge in [0.25, 0.3) is 0 Å². The molecule has 0 saturated carbocycles. The van der Waals surface area contributed by atoms with Crippen LogP contribution in [0.4, 0.5) is 0 Å². The summed E-state index contributed by atoms with van der Waals surface area (Å²) in [5, 5.41) is 3.79. The number of hydrogen-bond donors (Lipinski definition) is 0. The zero-order valence-corrected chi connectivity index (χ0v) is 14.4. The van der Waals surface area contributed by atoms with Crippen molar-refractivity contribution < 1.29 is 19.2 Å². The van der Waals surface area contributed by atoms with Gasteiger partial charge in [0.05, 0.1) is 15.4 Å². The largest absolute Gasteiger partial charge is 0.455 e. The first-order chi connectivity index (χ1) is 9.12. The number of halogens is 2. The molecule has 0 unspecified atom stereocenters. The lowest BCUT2D eigenvalue weighted by Gasteiger charge is -2.23. The third kappa shape index (κ3) is 3.20. The number of nitrogens with zero attached hydrogens (tertiary/aromatic N) is 1. The van der Waals surface area contributed by atoms with Crippen LogP contribution in [-0.4, -0.2) is 28.7 Å². The maximum absolute atomic E-state index is 11.9. The quantitative estimate of drug-likeness (QED) is 0.628. The predicted octanol–water partition coefficient (Wildman–Crippen LogP) is 2.98. The number of ether oxygens (including phenoxy) is 1. The molecule has 2 rings (SSSR count). The van der Waals surface area contributed by atoms with Gasteiger partial charge in [0.1, 0.15) is 5.60 Å². The predicted molar refractivity (Wildman–Crippen MR) is 80.7 cm³/mol. The fourth-order valence-corrected chi connectivity index (χ4v) is 3.25. The zero-order valence-electron chi connectivity index (χ0n) is 11.2. The van der Waals surface area contributed by atoms with E-state index in [-0.39, 0.29) is 17.9 Å². The van der Waals surface area contributed by atoms with Crippen LogP contribution in [0.3, 0.4) is 0 Å². The van der Waals surface area contributed by atoms with E-state index in [1.165, 1.54) is 0 Å². The summed E-state index contributed by atoms with van der Waals surface area (Å²) in [7, 11) is 0. The molecule has 0 aromatic rings. The van der Waals surface area contributed by atoms with Crippen LogP contribution in [0.2, 0.25) is 0 Å². The van der Waals surface area contributed by atoms with Crippen molar-refractivity contribution in [3.63, 3.8) is 0 Å². The van der Waals surface area contributed by atoms with Crippen molar-refractivity contribution in [2.75, 3.05) is 0 Å². The number of rotatable bonds is 1. The van der Waals surface area contributed by atoms with Gasteiger partial charge in [-0.3, -0.25) is 4.79 Å². The van der Waals surface area contributed by atoms with Crippen LogP contribution < -0.4 is 0 Å². The van der Waals surface area contributed by atoms with Crippen LogP contribution >= 0.6 is 31.9 Å². The molecule has 1 aliphatic heterocycles. The number of ketones is 1. The van der Waals surface area contributed by atoms with Gasteiger partial charge >= 0.3 is 5.97 Å². The summed E-state index contributed by atoms with van der Waals surface area (Å²) in [4.78, 5) is 28.9. The van der Waals surface area contributed by atoms with Crippen LogP contribution in [0.15, 0.2) is 26.3 Å². The molecule has 0 atom stereocenters. The van der Waals surface area contributed by atoms with Crippen LogP contribution in [0.5, 0.6) is 0 Å². The molecule has 1 spiro atoms. The lowest BCUT2D eigenvalue weighted by atomic mass is 9.92. The summed E-state index contributed by atoms with van der Waals surface area (Å²) < 4.78 is 5.99. The van der Waals surface area contributed by atoms with Crippen molar-refractivity contribution in [1.29, 1.82) is 0 Å². The summed E-state index contributed by atoms with van der Waals surface area (Å²) in [5.41, 5.74) is -1.31. The molecule has 0 radical (unpaired) electrons. The van der Waals surface area contributed by atoms with Crippen molar-refractivity contribution in [2.45, 2.75) is 38.4 Å². The Labute approximate surface area is 133 Å². The normalized spacial score (nSPS) is 21.1. The molecule has 0 N–H and O–H groups in total. The maximum atomic E-state index is 11.9. The Hall–Kier alpha value is -0.950. The van der Waals surface area contributed by atoms with Gasteiger partial charge in [-0.25, -0.2) is 4.79 Å². The lowest BCUT2D eigenvalue weighted by molar-refractivity contribution is -0.146. The maximum Gasteiger partial charge on any atom is 0.356 e. The highest BCUT2D eigenvalue weighted by Gasteiger charge is 2.43. The number of carbonyl (C=O) groups excluding carboxylic acids is 2. The number of esters is 1. The molecule has 0 aromatic heterocycles. The second-order valence-corrected chi connectivity index (χ2v) is 7.29. The minimum atomic E-state index is -0.919. The highest BCUT2D eigenvalue weighted by atomic mass is 79.9. The molecule has 20 heavy (non-hydrogen) atoms. The van der Waals surface area contributed by atoms with Gasteiger partial charge < -0.3 is 9.57 Å². The van der Waals surface area contributed by atoms with E-state index in [1.807, 2.05) is 0 Å². The Morgan fingerprint density at radius 3 is 2.40 bits per heavy atom. The SMILES string of the molecule is CC(C)(C)OC(=O)C1=NOC2(C=C(Br)C(=O)C(Br)=C2)C1. The lowest BCUT2D eigenvalue weighted by Crippen LogP contribution is -2.32. The van der Waals surface area contributed by atoms with E-state index >= 15 is 0 Å². The van der Waals surface area contributed by atoms with Gasteiger partial charge in [0.2, 0.25) is 5.78 Å². The van der Waals surface area contributed by atoms with Crippen molar-refractivity contribution in [3.8, 4) is 0 Å². The van der Waals surface area contributed by atoms with E-state index in [1.54, 1.807) is 32.9 Å². The summed E-state index contributed by atoms with van der Waals surface area (Å²) in [6.07, 6.45) is 3.42. The smallest absolute Gasteiger partial charge is 0.356 e. The molecule has 108 valence electrons. The van der Waals surface area contributed by atoms with Crippen LogP contribution in [0, 0.1) is 0 Å². The number of carbonyl (C=O) groups is 2. The molecule has 0 fully saturated rings. The van der Waals surface area contributed by atoms with Crippen LogP contribution in [0.25, 0.3) is 0 Å². The van der Waals surface area contributed by atoms with Gasteiger partial charge in [-0.15, -0.1) is 0 Å². The third-order valence-electron chi connectivity index (χ3n) is 2.58. The summed E-state index contributed by atoms with van der Waals surface area (Å²) >= 11 is 6.36. The Bertz CT molecular complexity index is 547. The Morgan fingerprint density at radius 1 is 1.35 bits per heavy atom. The van der Waals surface area contributed by atoms with Gasteiger partial charge in [-0.2, -0.15) is 0 Å². The monoisotopic (exact) mass is 405 g/mol. The number of Topliss-reactive ketones (excluding diaryl/α,β-unsaturated/α-hetero) is 1.